The van der Waals surface area contributed by atoms with Gasteiger partial charge in [-0.2, -0.15) is 0 Å². The minimum absolute atomic E-state index is 0.00718. The number of aliphatic carboxylic acids is 1. The summed E-state index contributed by atoms with van der Waals surface area (Å²) < 4.78 is 0. The molecule has 4 heteroatoms. The fourth-order valence-electron chi connectivity index (χ4n) is 3.83. The Labute approximate surface area is 130 Å². The normalized spacial score (nSPS) is 27.2. The smallest absolute Gasteiger partial charge is 0.306 e. The molecular formula is C18H23NO3. The topological polar surface area (TPSA) is 66.4 Å². The molecule has 118 valence electrons. The van der Waals surface area contributed by atoms with Gasteiger partial charge in [-0.15, -0.1) is 0 Å². The Bertz CT molecular complexity index is 561. The van der Waals surface area contributed by atoms with Crippen molar-refractivity contribution in [2.45, 2.75) is 44.4 Å². The van der Waals surface area contributed by atoms with Crippen LogP contribution in [0.3, 0.4) is 0 Å². The van der Waals surface area contributed by atoms with E-state index in [-0.39, 0.29) is 17.7 Å². The molecule has 0 saturated heterocycles. The largest absolute Gasteiger partial charge is 0.481 e. The Balaban J connectivity index is 1.49. The van der Waals surface area contributed by atoms with E-state index in [1.54, 1.807) is 0 Å². The van der Waals surface area contributed by atoms with Gasteiger partial charge in [0.25, 0.3) is 0 Å². The van der Waals surface area contributed by atoms with Gasteiger partial charge in [0.2, 0.25) is 5.91 Å². The predicted molar refractivity (Wildman–Crippen MR) is 83.6 cm³/mol. The number of carbonyl (C=O) groups excluding carboxylic acids is 1. The summed E-state index contributed by atoms with van der Waals surface area (Å²) in [5.41, 5.74) is 2.78. The minimum Gasteiger partial charge on any atom is -0.481 e. The summed E-state index contributed by atoms with van der Waals surface area (Å²) in [6.45, 7) is 0.703. The number of nitrogens with one attached hydrogen (secondary N) is 1. The van der Waals surface area contributed by atoms with E-state index >= 15 is 0 Å². The summed E-state index contributed by atoms with van der Waals surface area (Å²) in [6, 6.07) is 8.47. The summed E-state index contributed by atoms with van der Waals surface area (Å²) in [7, 11) is 0. The number of aryl methyl sites for hydroxylation is 1. The van der Waals surface area contributed by atoms with Crippen LogP contribution in [0.25, 0.3) is 0 Å². The van der Waals surface area contributed by atoms with E-state index in [1.165, 1.54) is 11.1 Å². The lowest BCUT2D eigenvalue weighted by Gasteiger charge is -2.25. The van der Waals surface area contributed by atoms with E-state index in [9.17, 15) is 9.59 Å². The van der Waals surface area contributed by atoms with E-state index in [1.807, 2.05) is 0 Å². The van der Waals surface area contributed by atoms with Gasteiger partial charge >= 0.3 is 5.97 Å². The maximum absolute atomic E-state index is 12.3. The maximum Gasteiger partial charge on any atom is 0.306 e. The van der Waals surface area contributed by atoms with Crippen molar-refractivity contribution in [3.8, 4) is 0 Å². The van der Waals surface area contributed by atoms with Crippen LogP contribution in [0.4, 0.5) is 0 Å². The van der Waals surface area contributed by atoms with E-state index in [0.29, 0.717) is 38.1 Å². The van der Waals surface area contributed by atoms with Crippen molar-refractivity contribution in [3.63, 3.8) is 0 Å². The molecule has 1 saturated carbocycles. The predicted octanol–water partition coefficient (Wildman–Crippen LogP) is 2.72. The van der Waals surface area contributed by atoms with Crippen LogP contribution < -0.4 is 5.32 Å². The molecule has 1 aromatic rings. The van der Waals surface area contributed by atoms with Crippen LogP contribution in [0.15, 0.2) is 24.3 Å². The third kappa shape index (κ3) is 3.16. The molecule has 2 N–H and O–H groups in total. The average molecular weight is 301 g/mol. The van der Waals surface area contributed by atoms with Gasteiger partial charge in [-0.25, -0.2) is 0 Å². The number of carboxylic acids is 1. The van der Waals surface area contributed by atoms with Gasteiger partial charge in [-0.05, 0) is 49.7 Å². The van der Waals surface area contributed by atoms with Crippen LogP contribution in [-0.4, -0.2) is 23.5 Å². The van der Waals surface area contributed by atoms with Crippen molar-refractivity contribution in [1.82, 2.24) is 5.32 Å². The first kappa shape index (κ1) is 15.1. The molecule has 0 aromatic heterocycles. The molecule has 3 rings (SSSR count). The fourth-order valence-corrected chi connectivity index (χ4v) is 3.83. The molecule has 0 radical (unpaired) electrons. The second-order valence-electron chi connectivity index (χ2n) is 6.57. The second-order valence-corrected chi connectivity index (χ2v) is 6.57. The summed E-state index contributed by atoms with van der Waals surface area (Å²) in [5.74, 6) is -0.455. The molecule has 2 aliphatic carbocycles. The number of rotatable bonds is 4. The molecule has 4 nitrogen and oxygen atoms in total. The molecule has 22 heavy (non-hydrogen) atoms. The first-order chi connectivity index (χ1) is 10.6. The molecule has 2 aliphatic rings. The molecule has 1 unspecified atom stereocenters. The van der Waals surface area contributed by atoms with Gasteiger partial charge in [0.15, 0.2) is 0 Å². The zero-order valence-corrected chi connectivity index (χ0v) is 12.8. The Morgan fingerprint density at radius 3 is 2.45 bits per heavy atom. The van der Waals surface area contributed by atoms with E-state index in [0.717, 1.165) is 12.8 Å². The van der Waals surface area contributed by atoms with Crippen molar-refractivity contribution < 1.29 is 14.7 Å². The molecule has 1 atom stereocenters. The monoisotopic (exact) mass is 301 g/mol. The standard InChI is InChI=1S/C18H23NO3/c20-17(13-6-8-14(9-7-13)18(21)22)19-11-15-10-5-12-3-1-2-4-16(12)15/h1-4,13-15H,5-11H2,(H,19,20)(H,21,22). The van der Waals surface area contributed by atoms with Crippen LogP contribution in [0.5, 0.6) is 0 Å². The number of fused-ring (bicyclic) bond motifs is 1. The highest BCUT2D eigenvalue weighted by Gasteiger charge is 2.30. The summed E-state index contributed by atoms with van der Waals surface area (Å²) >= 11 is 0. The van der Waals surface area contributed by atoms with Gasteiger partial charge in [0, 0.05) is 18.4 Å². The Hall–Kier alpha value is -1.84. The van der Waals surface area contributed by atoms with Crippen molar-refractivity contribution in [3.05, 3.63) is 35.4 Å². The van der Waals surface area contributed by atoms with Crippen LogP contribution in [0.1, 0.15) is 49.1 Å². The minimum atomic E-state index is -0.721. The molecule has 0 bridgehead atoms. The van der Waals surface area contributed by atoms with Crippen molar-refractivity contribution in [1.29, 1.82) is 0 Å². The van der Waals surface area contributed by atoms with Crippen molar-refractivity contribution in [2.24, 2.45) is 11.8 Å². The van der Waals surface area contributed by atoms with E-state index in [2.05, 4.69) is 29.6 Å². The second kappa shape index (κ2) is 6.51. The molecule has 1 fully saturated rings. The Morgan fingerprint density at radius 1 is 1.05 bits per heavy atom. The quantitative estimate of drug-likeness (QED) is 0.898. The maximum atomic E-state index is 12.3. The molecule has 0 spiro atoms. The van der Waals surface area contributed by atoms with Crippen LogP contribution >= 0.6 is 0 Å². The highest BCUT2D eigenvalue weighted by molar-refractivity contribution is 5.79. The summed E-state index contributed by atoms with van der Waals surface area (Å²) in [6.07, 6.45) is 4.85. The van der Waals surface area contributed by atoms with Gasteiger partial charge in [-0.1, -0.05) is 24.3 Å². The fraction of sp³-hybridized carbons (Fsp3) is 0.556. The third-order valence-corrected chi connectivity index (χ3v) is 5.23. The van der Waals surface area contributed by atoms with Gasteiger partial charge in [0.1, 0.15) is 0 Å². The highest BCUT2D eigenvalue weighted by atomic mass is 16.4. The zero-order chi connectivity index (χ0) is 15.5. The number of benzene rings is 1. The molecule has 1 amide bonds. The Kier molecular flexibility index (Phi) is 4.46. The van der Waals surface area contributed by atoms with Gasteiger partial charge in [0.05, 0.1) is 5.92 Å². The van der Waals surface area contributed by atoms with Crippen LogP contribution in [-0.2, 0) is 16.0 Å². The molecule has 0 heterocycles. The first-order valence-corrected chi connectivity index (χ1v) is 8.23. The average Bonchev–Trinajstić information content (AvgIpc) is 2.96. The van der Waals surface area contributed by atoms with Crippen molar-refractivity contribution >= 4 is 11.9 Å². The number of carboxylic acid groups (broad SMARTS) is 1. The molecule has 1 aromatic carbocycles. The highest BCUT2D eigenvalue weighted by Crippen LogP contribution is 2.33. The lowest BCUT2D eigenvalue weighted by atomic mass is 9.81. The van der Waals surface area contributed by atoms with Crippen molar-refractivity contribution in [2.75, 3.05) is 6.54 Å². The van der Waals surface area contributed by atoms with E-state index in [4.69, 9.17) is 5.11 Å². The summed E-state index contributed by atoms with van der Waals surface area (Å²) in [4.78, 5) is 23.2. The number of carbonyl (C=O) groups is 2. The Morgan fingerprint density at radius 2 is 1.73 bits per heavy atom. The third-order valence-electron chi connectivity index (χ3n) is 5.23. The number of hydrogen-bond donors (Lipinski definition) is 2. The zero-order valence-electron chi connectivity index (χ0n) is 12.8. The number of hydrogen-bond acceptors (Lipinski definition) is 2. The van der Waals surface area contributed by atoms with E-state index < -0.39 is 5.97 Å². The first-order valence-electron chi connectivity index (χ1n) is 8.23. The lowest BCUT2D eigenvalue weighted by molar-refractivity contribution is -0.144. The SMILES string of the molecule is O=C(O)C1CCC(C(=O)NCC2CCc3ccccc32)CC1. The molecular weight excluding hydrogens is 278 g/mol. The van der Waals surface area contributed by atoms with Gasteiger partial charge < -0.3 is 10.4 Å². The number of amides is 1. The van der Waals surface area contributed by atoms with Crippen LogP contribution in [0, 0.1) is 11.8 Å². The van der Waals surface area contributed by atoms with Gasteiger partial charge in [-0.3, -0.25) is 9.59 Å². The molecule has 0 aliphatic heterocycles. The lowest BCUT2D eigenvalue weighted by Crippen LogP contribution is -2.36. The summed E-state index contributed by atoms with van der Waals surface area (Å²) in [5, 5.41) is 12.1. The van der Waals surface area contributed by atoms with Crippen LogP contribution in [0.2, 0.25) is 0 Å².